The van der Waals surface area contributed by atoms with Crippen molar-refractivity contribution in [3.05, 3.63) is 30.6 Å². The van der Waals surface area contributed by atoms with Crippen molar-refractivity contribution in [1.82, 2.24) is 14.5 Å². The van der Waals surface area contributed by atoms with Gasteiger partial charge in [0.2, 0.25) is 0 Å². The van der Waals surface area contributed by atoms with Gasteiger partial charge in [-0.05, 0) is 25.3 Å². The SMILES string of the molecule is CCC(n1cnc2c(N)nc3ccccc3c21)C1(O)CCCCC1.Cl. The first-order valence-electron chi connectivity index (χ1n) is 8.87. The predicted octanol–water partition coefficient (Wildman–Crippen LogP) is 4.23. The maximum atomic E-state index is 11.3. The fourth-order valence-corrected chi connectivity index (χ4v) is 4.34. The molecule has 1 fully saturated rings. The van der Waals surface area contributed by atoms with Gasteiger partial charge < -0.3 is 15.4 Å². The van der Waals surface area contributed by atoms with Crippen molar-refractivity contribution in [2.75, 3.05) is 5.73 Å². The van der Waals surface area contributed by atoms with Crippen molar-refractivity contribution in [3.63, 3.8) is 0 Å². The molecule has 1 atom stereocenters. The molecule has 4 rings (SSSR count). The third kappa shape index (κ3) is 2.85. The Bertz CT molecular complexity index is 886. The number of halogens is 1. The number of anilines is 1. The minimum atomic E-state index is -0.667. The Balaban J connectivity index is 0.00000182. The number of fused-ring (bicyclic) bond motifs is 3. The standard InChI is InChI=1S/C19H24N4O.ClH/c1-2-15(19(24)10-6-3-7-11-19)23-12-21-16-17(23)13-8-4-5-9-14(13)22-18(16)20;/h4-5,8-9,12,15,24H,2-3,6-7,10-11H2,1H3,(H2,20,22);1H. The van der Waals surface area contributed by atoms with Gasteiger partial charge in [-0.25, -0.2) is 9.97 Å². The fourth-order valence-electron chi connectivity index (χ4n) is 4.34. The van der Waals surface area contributed by atoms with E-state index in [1.165, 1.54) is 6.42 Å². The summed E-state index contributed by atoms with van der Waals surface area (Å²) < 4.78 is 2.14. The minimum Gasteiger partial charge on any atom is -0.388 e. The van der Waals surface area contributed by atoms with E-state index in [9.17, 15) is 5.11 Å². The van der Waals surface area contributed by atoms with E-state index in [-0.39, 0.29) is 18.4 Å². The average Bonchev–Trinajstić information content (AvgIpc) is 3.02. The second kappa shape index (κ2) is 6.81. The first kappa shape index (κ1) is 18.0. The molecule has 0 bridgehead atoms. The van der Waals surface area contributed by atoms with Gasteiger partial charge in [-0.3, -0.25) is 0 Å². The first-order valence-corrected chi connectivity index (χ1v) is 8.87. The van der Waals surface area contributed by atoms with E-state index < -0.39 is 5.60 Å². The van der Waals surface area contributed by atoms with E-state index >= 15 is 0 Å². The molecule has 0 radical (unpaired) electrons. The van der Waals surface area contributed by atoms with Gasteiger partial charge in [0.25, 0.3) is 0 Å². The zero-order chi connectivity index (χ0) is 16.7. The minimum absolute atomic E-state index is 0. The lowest BCUT2D eigenvalue weighted by atomic mass is 9.78. The second-order valence-electron chi connectivity index (χ2n) is 6.95. The molecule has 134 valence electrons. The van der Waals surface area contributed by atoms with Crippen LogP contribution in [0.25, 0.3) is 21.9 Å². The van der Waals surface area contributed by atoms with Crippen LogP contribution < -0.4 is 5.73 Å². The lowest BCUT2D eigenvalue weighted by Crippen LogP contribution is -2.40. The summed E-state index contributed by atoms with van der Waals surface area (Å²) in [5.41, 5.74) is 8.06. The lowest BCUT2D eigenvalue weighted by Gasteiger charge is -2.39. The second-order valence-corrected chi connectivity index (χ2v) is 6.95. The molecule has 0 aliphatic heterocycles. The summed E-state index contributed by atoms with van der Waals surface area (Å²) in [7, 11) is 0. The van der Waals surface area contributed by atoms with Crippen LogP contribution in [0.1, 0.15) is 51.5 Å². The lowest BCUT2D eigenvalue weighted by molar-refractivity contribution is -0.0433. The van der Waals surface area contributed by atoms with Crippen LogP contribution in [0.3, 0.4) is 0 Å². The van der Waals surface area contributed by atoms with Gasteiger partial charge in [0, 0.05) is 5.39 Å². The Morgan fingerprint density at radius 3 is 2.68 bits per heavy atom. The zero-order valence-electron chi connectivity index (χ0n) is 14.5. The maximum Gasteiger partial charge on any atom is 0.152 e. The van der Waals surface area contributed by atoms with Gasteiger partial charge in [0.05, 0.1) is 29.0 Å². The highest BCUT2D eigenvalue weighted by molar-refractivity contribution is 6.06. The van der Waals surface area contributed by atoms with Crippen molar-refractivity contribution in [1.29, 1.82) is 0 Å². The summed E-state index contributed by atoms with van der Waals surface area (Å²) in [6.45, 7) is 2.13. The van der Waals surface area contributed by atoms with Crippen molar-refractivity contribution in [2.45, 2.75) is 57.1 Å². The van der Waals surface area contributed by atoms with Crippen LogP contribution >= 0.6 is 12.4 Å². The van der Waals surface area contributed by atoms with Gasteiger partial charge >= 0.3 is 0 Å². The van der Waals surface area contributed by atoms with Gasteiger partial charge in [0.15, 0.2) is 5.82 Å². The molecule has 1 aliphatic rings. The van der Waals surface area contributed by atoms with Gasteiger partial charge in [-0.15, -0.1) is 12.4 Å². The summed E-state index contributed by atoms with van der Waals surface area (Å²) in [5.74, 6) is 0.452. The third-order valence-electron chi connectivity index (χ3n) is 5.50. The summed E-state index contributed by atoms with van der Waals surface area (Å²) in [4.78, 5) is 9.00. The van der Waals surface area contributed by atoms with Gasteiger partial charge in [-0.1, -0.05) is 44.4 Å². The molecule has 5 nitrogen and oxygen atoms in total. The molecule has 3 aromatic rings. The predicted molar refractivity (Wildman–Crippen MR) is 104 cm³/mol. The van der Waals surface area contributed by atoms with Crippen molar-refractivity contribution in [3.8, 4) is 0 Å². The largest absolute Gasteiger partial charge is 0.388 e. The van der Waals surface area contributed by atoms with Crippen LogP contribution in [0.5, 0.6) is 0 Å². The number of hydrogen-bond acceptors (Lipinski definition) is 4. The van der Waals surface area contributed by atoms with E-state index in [1.807, 2.05) is 24.5 Å². The van der Waals surface area contributed by atoms with Crippen LogP contribution in [-0.2, 0) is 0 Å². The average molecular weight is 361 g/mol. The van der Waals surface area contributed by atoms with Crippen LogP contribution in [0.15, 0.2) is 30.6 Å². The van der Waals surface area contributed by atoms with Gasteiger partial charge in [-0.2, -0.15) is 0 Å². The number of imidazole rings is 1. The number of para-hydroxylation sites is 1. The van der Waals surface area contributed by atoms with Crippen LogP contribution in [0.2, 0.25) is 0 Å². The maximum absolute atomic E-state index is 11.3. The molecule has 1 saturated carbocycles. The number of pyridine rings is 1. The van der Waals surface area contributed by atoms with Crippen LogP contribution in [-0.4, -0.2) is 25.2 Å². The number of aliphatic hydroxyl groups is 1. The first-order chi connectivity index (χ1) is 11.6. The molecule has 6 heteroatoms. The zero-order valence-corrected chi connectivity index (χ0v) is 15.3. The molecular formula is C19H25ClN4O. The molecule has 25 heavy (non-hydrogen) atoms. The van der Waals surface area contributed by atoms with E-state index in [0.717, 1.165) is 54.0 Å². The Labute approximate surface area is 153 Å². The summed E-state index contributed by atoms with van der Waals surface area (Å²) in [6, 6.07) is 8.01. The van der Waals surface area contributed by atoms with Crippen molar-refractivity contribution >= 4 is 40.2 Å². The molecule has 0 spiro atoms. The highest BCUT2D eigenvalue weighted by Crippen LogP contribution is 2.41. The summed E-state index contributed by atoms with van der Waals surface area (Å²) >= 11 is 0. The van der Waals surface area contributed by atoms with E-state index in [4.69, 9.17) is 5.73 Å². The normalized spacial score (nSPS) is 18.2. The number of benzene rings is 1. The molecule has 1 aliphatic carbocycles. The molecule has 0 saturated heterocycles. The third-order valence-corrected chi connectivity index (χ3v) is 5.50. The number of hydrogen-bond donors (Lipinski definition) is 2. The smallest absolute Gasteiger partial charge is 0.152 e. The monoisotopic (exact) mass is 360 g/mol. The Morgan fingerprint density at radius 1 is 1.24 bits per heavy atom. The number of nitrogen functional groups attached to an aromatic ring is 1. The Hall–Kier alpha value is -1.85. The van der Waals surface area contributed by atoms with Crippen LogP contribution in [0.4, 0.5) is 5.82 Å². The Morgan fingerprint density at radius 2 is 1.96 bits per heavy atom. The van der Waals surface area contributed by atoms with Crippen molar-refractivity contribution in [2.24, 2.45) is 0 Å². The molecule has 2 heterocycles. The highest BCUT2D eigenvalue weighted by Gasteiger charge is 2.38. The molecule has 2 aromatic heterocycles. The van der Waals surface area contributed by atoms with Crippen LogP contribution in [0, 0.1) is 0 Å². The number of rotatable bonds is 3. The highest BCUT2D eigenvalue weighted by atomic mass is 35.5. The quantitative estimate of drug-likeness (QED) is 0.732. The van der Waals surface area contributed by atoms with E-state index in [1.54, 1.807) is 0 Å². The topological polar surface area (TPSA) is 77.0 Å². The fraction of sp³-hybridized carbons (Fsp3) is 0.474. The van der Waals surface area contributed by atoms with E-state index in [2.05, 4.69) is 27.5 Å². The number of nitrogens with two attached hydrogens (primary N) is 1. The molecule has 1 unspecified atom stereocenters. The summed E-state index contributed by atoms with van der Waals surface area (Å²) in [5, 5.41) is 12.3. The molecule has 0 amide bonds. The molecular weight excluding hydrogens is 336 g/mol. The van der Waals surface area contributed by atoms with Crippen molar-refractivity contribution < 1.29 is 5.11 Å². The Kier molecular flexibility index (Phi) is 4.89. The number of aromatic nitrogens is 3. The molecule has 1 aromatic carbocycles. The van der Waals surface area contributed by atoms with E-state index in [0.29, 0.717) is 5.82 Å². The number of nitrogens with zero attached hydrogens (tertiary/aromatic N) is 3. The summed E-state index contributed by atoms with van der Waals surface area (Å²) in [6.07, 6.45) is 7.78. The van der Waals surface area contributed by atoms with Gasteiger partial charge in [0.1, 0.15) is 5.52 Å². The molecule has 3 N–H and O–H groups in total.